The molecule has 1 aromatic rings. The molecule has 13 heavy (non-hydrogen) atoms. The van der Waals surface area contributed by atoms with E-state index in [1.165, 1.54) is 18.2 Å². The molecule has 0 fully saturated rings. The van der Waals surface area contributed by atoms with Gasteiger partial charge in [-0.2, -0.15) is 0 Å². The molecule has 0 saturated heterocycles. The van der Waals surface area contributed by atoms with Crippen LogP contribution >= 0.6 is 0 Å². The zero-order valence-corrected chi connectivity index (χ0v) is 7.73. The van der Waals surface area contributed by atoms with Gasteiger partial charge in [-0.1, -0.05) is 0 Å². The number of amides is 1. The van der Waals surface area contributed by atoms with Crippen molar-refractivity contribution in [3.05, 3.63) is 35.1 Å². The summed E-state index contributed by atoms with van der Waals surface area (Å²) in [6.45, 7) is 4.14. The van der Waals surface area contributed by atoms with Gasteiger partial charge in [0.25, 0.3) is 5.91 Å². The molecule has 0 heterocycles. The number of carbonyl (C=O) groups excluding carboxylic acids is 1. The molecular weight excluding hydrogens is 169 g/mol. The highest BCUT2D eigenvalue weighted by atomic mass is 19.1. The molecule has 0 unspecified atom stereocenters. The molecule has 0 radical (unpaired) electrons. The zero-order valence-electron chi connectivity index (χ0n) is 7.73. The maximum atomic E-state index is 12.7. The Morgan fingerprint density at radius 3 is 2.77 bits per heavy atom. The Bertz CT molecular complexity index is 323. The largest absolute Gasteiger partial charge is 0.352 e. The Labute approximate surface area is 76.8 Å². The van der Waals surface area contributed by atoms with E-state index in [4.69, 9.17) is 0 Å². The fourth-order valence-electron chi connectivity index (χ4n) is 1.14. The van der Waals surface area contributed by atoms with Crippen molar-refractivity contribution in [2.24, 2.45) is 0 Å². The van der Waals surface area contributed by atoms with Gasteiger partial charge < -0.3 is 5.32 Å². The summed E-state index contributed by atoms with van der Waals surface area (Å²) in [7, 11) is 0. The van der Waals surface area contributed by atoms with Crippen LogP contribution in [0, 0.1) is 12.7 Å². The third kappa shape index (κ3) is 2.28. The average molecular weight is 181 g/mol. The van der Waals surface area contributed by atoms with Crippen LogP contribution in [-0.4, -0.2) is 12.5 Å². The number of rotatable bonds is 2. The van der Waals surface area contributed by atoms with Crippen LogP contribution in [0.1, 0.15) is 22.8 Å². The molecule has 1 amide bonds. The number of benzene rings is 1. The molecule has 1 rings (SSSR count). The van der Waals surface area contributed by atoms with Gasteiger partial charge in [-0.05, 0) is 37.6 Å². The Balaban J connectivity index is 2.95. The van der Waals surface area contributed by atoms with Crippen LogP contribution < -0.4 is 5.32 Å². The molecule has 0 spiro atoms. The number of carbonyl (C=O) groups is 1. The van der Waals surface area contributed by atoms with E-state index in [1.807, 2.05) is 6.92 Å². The highest BCUT2D eigenvalue weighted by Crippen LogP contribution is 2.09. The van der Waals surface area contributed by atoms with E-state index >= 15 is 0 Å². The van der Waals surface area contributed by atoms with Gasteiger partial charge in [-0.15, -0.1) is 0 Å². The monoisotopic (exact) mass is 181 g/mol. The first kappa shape index (κ1) is 9.71. The first-order chi connectivity index (χ1) is 6.15. The summed E-state index contributed by atoms with van der Waals surface area (Å²) in [5.74, 6) is -0.467. The smallest absolute Gasteiger partial charge is 0.251 e. The van der Waals surface area contributed by atoms with Gasteiger partial charge in [-0.25, -0.2) is 4.39 Å². The van der Waals surface area contributed by atoms with E-state index in [1.54, 1.807) is 6.92 Å². The number of hydrogen-bond acceptors (Lipinski definition) is 1. The van der Waals surface area contributed by atoms with Crippen LogP contribution in [0.4, 0.5) is 4.39 Å². The van der Waals surface area contributed by atoms with Gasteiger partial charge in [0.1, 0.15) is 5.82 Å². The summed E-state index contributed by atoms with van der Waals surface area (Å²) in [6, 6.07) is 4.14. The molecule has 70 valence electrons. The summed E-state index contributed by atoms with van der Waals surface area (Å²) in [6.07, 6.45) is 0. The van der Waals surface area contributed by atoms with Gasteiger partial charge in [0.05, 0.1) is 0 Å². The molecule has 3 heteroatoms. The molecule has 1 aromatic carbocycles. The number of nitrogens with one attached hydrogen (secondary N) is 1. The quantitative estimate of drug-likeness (QED) is 0.741. The lowest BCUT2D eigenvalue weighted by Gasteiger charge is -2.04. The van der Waals surface area contributed by atoms with Crippen LogP contribution in [-0.2, 0) is 0 Å². The zero-order chi connectivity index (χ0) is 9.84. The Hall–Kier alpha value is -1.38. The molecule has 0 aliphatic heterocycles. The normalized spacial score (nSPS) is 9.77. The molecule has 0 atom stereocenters. The standard InChI is InChI=1S/C10H12FNO/c1-3-12-10(13)9-5-4-8(11)6-7(9)2/h4-6H,3H2,1-2H3,(H,12,13). The molecule has 0 aromatic heterocycles. The number of halogens is 1. The van der Waals surface area contributed by atoms with Crippen molar-refractivity contribution >= 4 is 5.91 Å². The Morgan fingerprint density at radius 2 is 2.23 bits per heavy atom. The molecule has 0 aliphatic carbocycles. The summed E-state index contributed by atoms with van der Waals surface area (Å²) in [5.41, 5.74) is 1.19. The molecule has 1 N–H and O–H groups in total. The highest BCUT2D eigenvalue weighted by Gasteiger charge is 2.07. The lowest BCUT2D eigenvalue weighted by Crippen LogP contribution is -2.23. The minimum absolute atomic E-state index is 0.153. The second kappa shape index (κ2) is 4.03. The van der Waals surface area contributed by atoms with Crippen molar-refractivity contribution in [1.29, 1.82) is 0 Å². The first-order valence-electron chi connectivity index (χ1n) is 4.19. The summed E-state index contributed by atoms with van der Waals surface area (Å²) in [4.78, 5) is 11.3. The lowest BCUT2D eigenvalue weighted by atomic mass is 10.1. The minimum atomic E-state index is -0.314. The van der Waals surface area contributed by atoms with Gasteiger partial charge in [-0.3, -0.25) is 4.79 Å². The minimum Gasteiger partial charge on any atom is -0.352 e. The highest BCUT2D eigenvalue weighted by molar-refractivity contribution is 5.95. The average Bonchev–Trinajstić information content (AvgIpc) is 2.04. The number of aryl methyl sites for hydroxylation is 1. The van der Waals surface area contributed by atoms with E-state index < -0.39 is 0 Å². The SMILES string of the molecule is CCNC(=O)c1ccc(F)cc1C. The molecular formula is C10H12FNO. The van der Waals surface area contributed by atoms with Crippen molar-refractivity contribution in [3.63, 3.8) is 0 Å². The van der Waals surface area contributed by atoms with Gasteiger partial charge in [0.15, 0.2) is 0 Å². The second-order valence-corrected chi connectivity index (χ2v) is 2.82. The Kier molecular flexibility index (Phi) is 3.01. The predicted molar refractivity (Wildman–Crippen MR) is 49.1 cm³/mol. The van der Waals surface area contributed by atoms with Crippen molar-refractivity contribution < 1.29 is 9.18 Å². The van der Waals surface area contributed by atoms with Crippen molar-refractivity contribution in [2.45, 2.75) is 13.8 Å². The second-order valence-electron chi connectivity index (χ2n) is 2.82. The van der Waals surface area contributed by atoms with Crippen LogP contribution in [0.2, 0.25) is 0 Å². The Morgan fingerprint density at radius 1 is 1.54 bits per heavy atom. The van der Waals surface area contributed by atoms with Crippen molar-refractivity contribution in [1.82, 2.24) is 5.32 Å². The van der Waals surface area contributed by atoms with Gasteiger partial charge in [0, 0.05) is 12.1 Å². The van der Waals surface area contributed by atoms with Gasteiger partial charge >= 0.3 is 0 Å². The number of hydrogen-bond donors (Lipinski definition) is 1. The van der Waals surface area contributed by atoms with E-state index in [0.717, 1.165) is 0 Å². The lowest BCUT2D eigenvalue weighted by molar-refractivity contribution is 0.0955. The summed E-state index contributed by atoms with van der Waals surface area (Å²) in [5, 5.41) is 2.66. The fraction of sp³-hybridized carbons (Fsp3) is 0.300. The molecule has 0 saturated carbocycles. The van der Waals surface area contributed by atoms with E-state index in [9.17, 15) is 9.18 Å². The van der Waals surface area contributed by atoms with Crippen molar-refractivity contribution in [3.8, 4) is 0 Å². The van der Waals surface area contributed by atoms with Crippen LogP contribution in [0.15, 0.2) is 18.2 Å². The van der Waals surface area contributed by atoms with Gasteiger partial charge in [0.2, 0.25) is 0 Å². The first-order valence-corrected chi connectivity index (χ1v) is 4.19. The molecule has 2 nitrogen and oxygen atoms in total. The van der Waals surface area contributed by atoms with Crippen LogP contribution in [0.25, 0.3) is 0 Å². The van der Waals surface area contributed by atoms with E-state index in [2.05, 4.69) is 5.32 Å². The topological polar surface area (TPSA) is 29.1 Å². The van der Waals surface area contributed by atoms with E-state index in [0.29, 0.717) is 17.7 Å². The molecule has 0 aliphatic rings. The van der Waals surface area contributed by atoms with Crippen molar-refractivity contribution in [2.75, 3.05) is 6.54 Å². The summed E-state index contributed by atoms with van der Waals surface area (Å²) < 4.78 is 12.7. The predicted octanol–water partition coefficient (Wildman–Crippen LogP) is 1.88. The maximum absolute atomic E-state index is 12.7. The van der Waals surface area contributed by atoms with Crippen LogP contribution in [0.5, 0.6) is 0 Å². The molecule has 0 bridgehead atoms. The van der Waals surface area contributed by atoms with E-state index in [-0.39, 0.29) is 11.7 Å². The fourth-order valence-corrected chi connectivity index (χ4v) is 1.14. The third-order valence-electron chi connectivity index (χ3n) is 1.77. The van der Waals surface area contributed by atoms with Crippen LogP contribution in [0.3, 0.4) is 0 Å². The maximum Gasteiger partial charge on any atom is 0.251 e. The summed E-state index contributed by atoms with van der Waals surface area (Å²) >= 11 is 0. The third-order valence-corrected chi connectivity index (χ3v) is 1.77.